The molecule has 1 aromatic rings. The standard InChI is InChI=1S/C14H17F3N2/c1-3-7-19(8-4-2)13-9-12(14(15,16)17)6-5-11(13)10-18/h5-6,9H,3-4,7-8H2,1-2H3. The van der Waals surface area contributed by atoms with E-state index in [-0.39, 0.29) is 5.56 Å². The highest BCUT2D eigenvalue weighted by Crippen LogP contribution is 2.33. The van der Waals surface area contributed by atoms with Gasteiger partial charge in [0.05, 0.1) is 16.8 Å². The van der Waals surface area contributed by atoms with Crippen molar-refractivity contribution in [2.75, 3.05) is 18.0 Å². The van der Waals surface area contributed by atoms with E-state index < -0.39 is 11.7 Å². The maximum absolute atomic E-state index is 12.7. The minimum Gasteiger partial charge on any atom is -0.370 e. The van der Waals surface area contributed by atoms with Crippen molar-refractivity contribution < 1.29 is 13.2 Å². The second kappa shape index (κ2) is 6.46. The summed E-state index contributed by atoms with van der Waals surface area (Å²) in [4.78, 5) is 1.84. The first-order valence-electron chi connectivity index (χ1n) is 6.30. The fraction of sp³-hybridized carbons (Fsp3) is 0.500. The van der Waals surface area contributed by atoms with Crippen LogP contribution < -0.4 is 4.90 Å². The lowest BCUT2D eigenvalue weighted by Gasteiger charge is -2.25. The van der Waals surface area contributed by atoms with E-state index in [2.05, 4.69) is 0 Å². The van der Waals surface area contributed by atoms with Crippen LogP contribution in [0.25, 0.3) is 0 Å². The van der Waals surface area contributed by atoms with E-state index in [4.69, 9.17) is 5.26 Å². The van der Waals surface area contributed by atoms with E-state index in [1.807, 2.05) is 24.8 Å². The summed E-state index contributed by atoms with van der Waals surface area (Å²) in [5, 5.41) is 9.04. The van der Waals surface area contributed by atoms with Crippen LogP contribution >= 0.6 is 0 Å². The summed E-state index contributed by atoms with van der Waals surface area (Å²) in [6, 6.07) is 5.24. The summed E-state index contributed by atoms with van der Waals surface area (Å²) in [6.07, 6.45) is -2.74. The molecule has 0 spiro atoms. The van der Waals surface area contributed by atoms with Crippen molar-refractivity contribution in [3.05, 3.63) is 29.3 Å². The monoisotopic (exact) mass is 270 g/mol. The van der Waals surface area contributed by atoms with Gasteiger partial charge in [-0.15, -0.1) is 0 Å². The van der Waals surface area contributed by atoms with E-state index in [9.17, 15) is 13.2 Å². The molecule has 0 saturated heterocycles. The third kappa shape index (κ3) is 3.88. The van der Waals surface area contributed by atoms with Gasteiger partial charge in [0.2, 0.25) is 0 Å². The molecule has 0 atom stereocenters. The number of benzene rings is 1. The second-order valence-electron chi connectivity index (χ2n) is 4.33. The maximum Gasteiger partial charge on any atom is 0.416 e. The van der Waals surface area contributed by atoms with Crippen LogP contribution in [0.5, 0.6) is 0 Å². The van der Waals surface area contributed by atoms with E-state index in [0.717, 1.165) is 25.0 Å². The van der Waals surface area contributed by atoms with Gasteiger partial charge in [0.1, 0.15) is 6.07 Å². The van der Waals surface area contributed by atoms with E-state index in [0.29, 0.717) is 18.8 Å². The average molecular weight is 270 g/mol. The zero-order valence-electron chi connectivity index (χ0n) is 11.1. The number of nitrogens with zero attached hydrogens (tertiary/aromatic N) is 2. The molecule has 0 saturated carbocycles. The number of alkyl halides is 3. The fourth-order valence-corrected chi connectivity index (χ4v) is 1.96. The lowest BCUT2D eigenvalue weighted by molar-refractivity contribution is -0.137. The van der Waals surface area contributed by atoms with Crippen LogP contribution in [-0.2, 0) is 6.18 Å². The molecule has 0 amide bonds. The summed E-state index contributed by atoms with van der Waals surface area (Å²) >= 11 is 0. The summed E-state index contributed by atoms with van der Waals surface area (Å²) in [7, 11) is 0. The molecule has 0 aromatic heterocycles. The van der Waals surface area contributed by atoms with Gasteiger partial charge in [0, 0.05) is 13.1 Å². The van der Waals surface area contributed by atoms with Crippen molar-refractivity contribution in [1.29, 1.82) is 5.26 Å². The third-order valence-corrected chi connectivity index (χ3v) is 2.77. The molecule has 0 fully saturated rings. The predicted molar refractivity (Wildman–Crippen MR) is 69.0 cm³/mol. The number of hydrogen-bond acceptors (Lipinski definition) is 2. The normalized spacial score (nSPS) is 11.2. The van der Waals surface area contributed by atoms with Gasteiger partial charge in [-0.3, -0.25) is 0 Å². The van der Waals surface area contributed by atoms with Crippen LogP contribution in [0.15, 0.2) is 18.2 Å². The van der Waals surface area contributed by atoms with E-state index in [1.54, 1.807) is 0 Å². The highest BCUT2D eigenvalue weighted by Gasteiger charge is 2.31. The van der Waals surface area contributed by atoms with Crippen LogP contribution in [0, 0.1) is 11.3 Å². The molecular formula is C14H17F3N2. The number of anilines is 1. The Morgan fingerprint density at radius 2 is 1.74 bits per heavy atom. The van der Waals surface area contributed by atoms with Crippen molar-refractivity contribution in [3.8, 4) is 6.07 Å². The topological polar surface area (TPSA) is 27.0 Å². The molecule has 0 aliphatic heterocycles. The van der Waals surface area contributed by atoms with Gasteiger partial charge in [-0.25, -0.2) is 0 Å². The molecule has 19 heavy (non-hydrogen) atoms. The average Bonchev–Trinajstić information content (AvgIpc) is 2.36. The van der Waals surface area contributed by atoms with Crippen LogP contribution in [-0.4, -0.2) is 13.1 Å². The first-order chi connectivity index (χ1) is 8.93. The van der Waals surface area contributed by atoms with Gasteiger partial charge in [-0.2, -0.15) is 18.4 Å². The number of halogens is 3. The summed E-state index contributed by atoms with van der Waals surface area (Å²) < 4.78 is 38.2. The van der Waals surface area contributed by atoms with Crippen molar-refractivity contribution in [2.24, 2.45) is 0 Å². The highest BCUT2D eigenvalue weighted by molar-refractivity contribution is 5.61. The van der Waals surface area contributed by atoms with Crippen LogP contribution in [0.1, 0.15) is 37.8 Å². The Morgan fingerprint density at radius 1 is 1.16 bits per heavy atom. The number of rotatable bonds is 5. The SMILES string of the molecule is CCCN(CCC)c1cc(C(F)(F)F)ccc1C#N. The van der Waals surface area contributed by atoms with Crippen LogP contribution in [0.2, 0.25) is 0 Å². The lowest BCUT2D eigenvalue weighted by atomic mass is 10.1. The van der Waals surface area contributed by atoms with Crippen molar-refractivity contribution in [3.63, 3.8) is 0 Å². The first-order valence-corrected chi connectivity index (χ1v) is 6.30. The Morgan fingerprint density at radius 3 is 2.16 bits per heavy atom. The van der Waals surface area contributed by atoms with Gasteiger partial charge >= 0.3 is 6.18 Å². The Bertz CT molecular complexity index is 455. The van der Waals surface area contributed by atoms with E-state index in [1.165, 1.54) is 6.07 Å². The zero-order chi connectivity index (χ0) is 14.5. The van der Waals surface area contributed by atoms with Gasteiger partial charge in [-0.1, -0.05) is 13.8 Å². The molecule has 0 aliphatic rings. The summed E-state index contributed by atoms with van der Waals surface area (Å²) in [6.45, 7) is 5.21. The summed E-state index contributed by atoms with van der Waals surface area (Å²) in [5.41, 5.74) is -0.0466. The smallest absolute Gasteiger partial charge is 0.370 e. The fourth-order valence-electron chi connectivity index (χ4n) is 1.96. The molecule has 0 bridgehead atoms. The lowest BCUT2D eigenvalue weighted by Crippen LogP contribution is -2.26. The molecule has 2 nitrogen and oxygen atoms in total. The molecule has 1 aromatic carbocycles. The van der Waals surface area contributed by atoms with Gasteiger partial charge in [0.15, 0.2) is 0 Å². The van der Waals surface area contributed by atoms with Crippen molar-refractivity contribution in [1.82, 2.24) is 0 Å². The minimum atomic E-state index is -4.38. The molecule has 104 valence electrons. The largest absolute Gasteiger partial charge is 0.416 e. The van der Waals surface area contributed by atoms with E-state index >= 15 is 0 Å². The molecule has 0 unspecified atom stereocenters. The minimum absolute atomic E-state index is 0.287. The van der Waals surface area contributed by atoms with Gasteiger partial charge < -0.3 is 4.90 Å². The Hall–Kier alpha value is -1.70. The maximum atomic E-state index is 12.7. The highest BCUT2D eigenvalue weighted by atomic mass is 19.4. The zero-order valence-corrected chi connectivity index (χ0v) is 11.1. The molecule has 5 heteroatoms. The van der Waals surface area contributed by atoms with Crippen molar-refractivity contribution >= 4 is 5.69 Å². The molecule has 0 N–H and O–H groups in total. The molecule has 0 heterocycles. The number of nitriles is 1. The second-order valence-corrected chi connectivity index (χ2v) is 4.33. The molecular weight excluding hydrogens is 253 g/mol. The quantitative estimate of drug-likeness (QED) is 0.801. The molecule has 0 aliphatic carbocycles. The molecule has 0 radical (unpaired) electrons. The van der Waals surface area contributed by atoms with Crippen LogP contribution in [0.3, 0.4) is 0 Å². The van der Waals surface area contributed by atoms with Gasteiger partial charge in [-0.05, 0) is 31.0 Å². The summed E-state index contributed by atoms with van der Waals surface area (Å²) in [5.74, 6) is 0. The third-order valence-electron chi connectivity index (χ3n) is 2.77. The van der Waals surface area contributed by atoms with Gasteiger partial charge in [0.25, 0.3) is 0 Å². The first kappa shape index (κ1) is 15.4. The predicted octanol–water partition coefficient (Wildman–Crippen LogP) is 4.20. The molecule has 1 rings (SSSR count). The Kier molecular flexibility index (Phi) is 5.22. The Balaban J connectivity index is 3.24. The van der Waals surface area contributed by atoms with Crippen molar-refractivity contribution in [2.45, 2.75) is 32.9 Å². The Labute approximate surface area is 111 Å². The number of hydrogen-bond donors (Lipinski definition) is 0. The van der Waals surface area contributed by atoms with Crippen LogP contribution in [0.4, 0.5) is 18.9 Å².